The lowest BCUT2D eigenvalue weighted by Crippen LogP contribution is -2.51. The van der Waals surface area contributed by atoms with Gasteiger partial charge in [-0.3, -0.25) is 4.90 Å². The summed E-state index contributed by atoms with van der Waals surface area (Å²) in [5, 5.41) is 5.84. The zero-order chi connectivity index (χ0) is 20.6. The molecule has 4 rings (SSSR count). The van der Waals surface area contributed by atoms with Crippen molar-refractivity contribution in [3.63, 3.8) is 0 Å². The minimum atomic E-state index is 0.0945. The van der Waals surface area contributed by atoms with E-state index in [9.17, 15) is 4.79 Å². The largest absolute Gasteiger partial charge is 0.467 e. The van der Waals surface area contributed by atoms with E-state index in [1.807, 2.05) is 16.3 Å². The third-order valence-corrected chi connectivity index (χ3v) is 6.84. The Morgan fingerprint density at radius 1 is 1.10 bits per heavy atom. The summed E-state index contributed by atoms with van der Waals surface area (Å²) in [5.74, 6) is 0. The molecule has 1 N–H and O–H groups in total. The molecule has 0 radical (unpaired) electrons. The van der Waals surface area contributed by atoms with Crippen molar-refractivity contribution in [2.24, 2.45) is 0 Å². The van der Waals surface area contributed by atoms with Crippen LogP contribution < -0.4 is 10.1 Å². The molecule has 2 saturated heterocycles. The molecule has 0 unspecified atom stereocenters. The maximum absolute atomic E-state index is 12.5. The molecule has 0 aliphatic carbocycles. The lowest BCUT2D eigenvalue weighted by Gasteiger charge is -2.41. The van der Waals surface area contributed by atoms with Crippen LogP contribution >= 0.6 is 11.3 Å². The molecule has 2 aliphatic heterocycles. The molecule has 3 heterocycles. The summed E-state index contributed by atoms with van der Waals surface area (Å²) in [5.41, 5.74) is 1.33. The summed E-state index contributed by atoms with van der Waals surface area (Å²) in [6.45, 7) is 4.59. The number of rotatable bonds is 7. The first-order valence-corrected chi connectivity index (χ1v) is 12.0. The number of aryl methyl sites for hydroxylation is 1. The summed E-state index contributed by atoms with van der Waals surface area (Å²) in [6.07, 6.45) is 8.31. The van der Waals surface area contributed by atoms with E-state index in [0.29, 0.717) is 6.04 Å². The molecule has 0 atom stereocenters. The van der Waals surface area contributed by atoms with Gasteiger partial charge in [0.05, 0.1) is 0 Å². The van der Waals surface area contributed by atoms with Crippen molar-refractivity contribution in [3.05, 3.63) is 47.5 Å². The summed E-state index contributed by atoms with van der Waals surface area (Å²) in [6, 6.07) is 11.1. The van der Waals surface area contributed by atoms with Crippen molar-refractivity contribution in [2.75, 3.05) is 32.7 Å². The van der Waals surface area contributed by atoms with E-state index in [-0.39, 0.29) is 12.1 Å². The number of thiazole rings is 1. The second kappa shape index (κ2) is 10.8. The zero-order valence-electron chi connectivity index (χ0n) is 17.5. The maximum atomic E-state index is 12.5. The monoisotopic (exact) mass is 428 g/mol. The van der Waals surface area contributed by atoms with Crippen molar-refractivity contribution in [3.8, 4) is 5.19 Å². The number of carbonyl (C=O) groups is 1. The highest BCUT2D eigenvalue weighted by Crippen LogP contribution is 2.24. The van der Waals surface area contributed by atoms with E-state index in [1.54, 1.807) is 17.5 Å². The Balaban J connectivity index is 1.11. The van der Waals surface area contributed by atoms with Crippen molar-refractivity contribution in [1.29, 1.82) is 0 Å². The van der Waals surface area contributed by atoms with Crippen LogP contribution in [-0.2, 0) is 6.42 Å². The van der Waals surface area contributed by atoms with Gasteiger partial charge < -0.3 is 15.0 Å². The first-order chi connectivity index (χ1) is 14.8. The Hall–Kier alpha value is -2.12. The van der Waals surface area contributed by atoms with Crippen molar-refractivity contribution < 1.29 is 9.53 Å². The van der Waals surface area contributed by atoms with Gasteiger partial charge in [-0.25, -0.2) is 9.78 Å². The molecule has 1 aromatic carbocycles. The minimum absolute atomic E-state index is 0.0945. The number of nitrogens with one attached hydrogen (secondary N) is 1. The number of piperidine rings is 2. The van der Waals surface area contributed by atoms with Crippen LogP contribution in [0.1, 0.15) is 37.7 Å². The first-order valence-electron chi connectivity index (χ1n) is 11.1. The topological polar surface area (TPSA) is 57.7 Å². The minimum Gasteiger partial charge on any atom is -0.467 e. The van der Waals surface area contributed by atoms with E-state index in [1.165, 1.54) is 5.56 Å². The Labute approximate surface area is 183 Å². The number of carbonyl (C=O) groups excluding carboxylic acids is 1. The molecule has 30 heavy (non-hydrogen) atoms. The molecule has 0 bridgehead atoms. The van der Waals surface area contributed by atoms with Gasteiger partial charge in [0.15, 0.2) is 0 Å². The van der Waals surface area contributed by atoms with E-state index in [4.69, 9.17) is 4.74 Å². The summed E-state index contributed by atoms with van der Waals surface area (Å²) < 4.78 is 5.97. The van der Waals surface area contributed by atoms with Gasteiger partial charge in [-0.2, -0.15) is 0 Å². The number of hydrogen-bond acceptors (Lipinski definition) is 5. The van der Waals surface area contributed by atoms with E-state index in [0.717, 1.165) is 76.4 Å². The van der Waals surface area contributed by atoms with Gasteiger partial charge in [0, 0.05) is 50.3 Å². The first kappa shape index (κ1) is 21.1. The van der Waals surface area contributed by atoms with Gasteiger partial charge in [0.2, 0.25) is 0 Å². The number of likely N-dealkylation sites (tertiary alicyclic amines) is 2. The van der Waals surface area contributed by atoms with Crippen LogP contribution in [0.3, 0.4) is 0 Å². The number of amides is 2. The third-order valence-electron chi connectivity index (χ3n) is 6.18. The fourth-order valence-electron chi connectivity index (χ4n) is 4.45. The number of aromatic nitrogens is 1. The zero-order valence-corrected chi connectivity index (χ0v) is 18.4. The Morgan fingerprint density at radius 3 is 2.57 bits per heavy atom. The smallest absolute Gasteiger partial charge is 0.317 e. The third kappa shape index (κ3) is 5.95. The molecule has 1 aromatic heterocycles. The molecule has 7 heteroatoms. The molecule has 162 valence electrons. The molecule has 2 aromatic rings. The van der Waals surface area contributed by atoms with Crippen molar-refractivity contribution in [1.82, 2.24) is 20.1 Å². The average molecular weight is 429 g/mol. The average Bonchev–Trinajstić information content (AvgIpc) is 3.31. The fourth-order valence-corrected chi connectivity index (χ4v) is 5.00. The number of ether oxygens (including phenoxy) is 1. The molecule has 2 amide bonds. The van der Waals surface area contributed by atoms with Crippen LogP contribution in [0.4, 0.5) is 4.79 Å². The lowest BCUT2D eigenvalue weighted by molar-refractivity contribution is 0.0535. The fraction of sp³-hybridized carbons (Fsp3) is 0.565. The Kier molecular flexibility index (Phi) is 7.59. The number of nitrogens with zero attached hydrogens (tertiary/aromatic N) is 3. The van der Waals surface area contributed by atoms with E-state index < -0.39 is 0 Å². The molecule has 2 fully saturated rings. The number of benzene rings is 1. The highest BCUT2D eigenvalue weighted by molar-refractivity contribution is 7.11. The number of urea groups is 1. The van der Waals surface area contributed by atoms with Gasteiger partial charge >= 0.3 is 6.03 Å². The number of hydrogen-bond donors (Lipinski definition) is 1. The van der Waals surface area contributed by atoms with Crippen molar-refractivity contribution in [2.45, 2.75) is 50.7 Å². The van der Waals surface area contributed by atoms with E-state index in [2.05, 4.69) is 39.5 Å². The van der Waals surface area contributed by atoms with Crippen LogP contribution in [0.2, 0.25) is 0 Å². The van der Waals surface area contributed by atoms with Crippen LogP contribution in [0.15, 0.2) is 41.9 Å². The molecule has 0 spiro atoms. The molecule has 6 nitrogen and oxygen atoms in total. The normalized spacial score (nSPS) is 19.0. The standard InChI is InChI=1S/C23H32N4O2S/c28-22(24-12-4-7-19-5-2-1-3-6-19)27-14-8-20(9-15-27)26-16-10-21(11-17-26)29-23-25-13-18-30-23/h1-3,5-6,13,18,20-21H,4,7-12,14-17H2,(H,24,28). The summed E-state index contributed by atoms with van der Waals surface area (Å²) >= 11 is 1.56. The second-order valence-electron chi connectivity index (χ2n) is 8.19. The Morgan fingerprint density at radius 2 is 1.87 bits per heavy atom. The summed E-state index contributed by atoms with van der Waals surface area (Å²) in [7, 11) is 0. The van der Waals surface area contributed by atoms with Gasteiger partial charge in [0.25, 0.3) is 5.19 Å². The molecule has 2 aliphatic rings. The van der Waals surface area contributed by atoms with Gasteiger partial charge in [-0.05, 0) is 44.1 Å². The van der Waals surface area contributed by atoms with Gasteiger partial charge in [-0.15, -0.1) is 0 Å². The van der Waals surface area contributed by atoms with Crippen LogP contribution in [0, 0.1) is 0 Å². The van der Waals surface area contributed by atoms with E-state index >= 15 is 0 Å². The van der Waals surface area contributed by atoms with Gasteiger partial charge in [-0.1, -0.05) is 41.7 Å². The molecular formula is C23H32N4O2S. The molecule has 0 saturated carbocycles. The maximum Gasteiger partial charge on any atom is 0.317 e. The van der Waals surface area contributed by atoms with Crippen LogP contribution in [0.25, 0.3) is 0 Å². The molecular weight excluding hydrogens is 396 g/mol. The predicted octanol–water partition coefficient (Wildman–Crippen LogP) is 3.79. The van der Waals surface area contributed by atoms with Crippen LogP contribution in [-0.4, -0.2) is 65.7 Å². The highest BCUT2D eigenvalue weighted by Gasteiger charge is 2.30. The summed E-state index contributed by atoms with van der Waals surface area (Å²) in [4.78, 5) is 21.3. The highest BCUT2D eigenvalue weighted by atomic mass is 32.1. The van der Waals surface area contributed by atoms with Crippen molar-refractivity contribution >= 4 is 17.4 Å². The lowest BCUT2D eigenvalue weighted by atomic mass is 9.99. The van der Waals surface area contributed by atoms with Gasteiger partial charge in [0.1, 0.15) is 6.10 Å². The second-order valence-corrected chi connectivity index (χ2v) is 9.05. The quantitative estimate of drug-likeness (QED) is 0.682. The predicted molar refractivity (Wildman–Crippen MR) is 120 cm³/mol. The Bertz CT molecular complexity index is 755. The SMILES string of the molecule is O=C(NCCCc1ccccc1)N1CCC(N2CCC(Oc3nccs3)CC2)CC1. The van der Waals surface area contributed by atoms with Crippen LogP contribution in [0.5, 0.6) is 5.19 Å².